The number of imide groups is 1. The molecule has 0 aliphatic heterocycles. The lowest BCUT2D eigenvalue weighted by molar-refractivity contribution is -0.183. The van der Waals surface area contributed by atoms with Gasteiger partial charge >= 0.3 is 12.2 Å². The van der Waals surface area contributed by atoms with Gasteiger partial charge in [0.15, 0.2) is 0 Å². The van der Waals surface area contributed by atoms with Gasteiger partial charge in [-0.1, -0.05) is 23.7 Å². The van der Waals surface area contributed by atoms with Crippen molar-refractivity contribution in [2.75, 3.05) is 13.6 Å². The minimum absolute atomic E-state index is 0.00899. The first-order valence-corrected chi connectivity index (χ1v) is 6.60. The highest BCUT2D eigenvalue weighted by Gasteiger charge is 2.43. The molecule has 1 rings (SSSR count). The normalized spacial score (nSPS) is 13.0. The standard InChI is InChI=1S/C13H15ClF3N3O2/c1-20(7-6-10(21)19-12(18)22)11(13(15,16)17)8-2-4-9(14)5-3-8/h2-5,11H,6-7H2,1H3,(H3,18,19,21,22)/t11-/m0/s1. The minimum Gasteiger partial charge on any atom is -0.351 e. The third kappa shape index (κ3) is 5.53. The lowest BCUT2D eigenvalue weighted by atomic mass is 10.0. The van der Waals surface area contributed by atoms with Gasteiger partial charge in [-0.05, 0) is 24.7 Å². The number of carbonyl (C=O) groups excluding carboxylic acids is 2. The summed E-state index contributed by atoms with van der Waals surface area (Å²) < 4.78 is 39.7. The summed E-state index contributed by atoms with van der Waals surface area (Å²) in [4.78, 5) is 22.7. The maximum Gasteiger partial charge on any atom is 0.408 e. The number of amides is 3. The van der Waals surface area contributed by atoms with Gasteiger partial charge in [-0.25, -0.2) is 4.79 Å². The van der Waals surface area contributed by atoms with E-state index in [2.05, 4.69) is 0 Å². The van der Waals surface area contributed by atoms with Gasteiger partial charge in [-0.15, -0.1) is 0 Å². The molecule has 0 aliphatic rings. The van der Waals surface area contributed by atoms with Gasteiger partial charge in [0.2, 0.25) is 5.91 Å². The molecule has 0 bridgehead atoms. The van der Waals surface area contributed by atoms with Crippen molar-refractivity contribution in [2.24, 2.45) is 5.73 Å². The van der Waals surface area contributed by atoms with Gasteiger partial charge in [-0.2, -0.15) is 13.2 Å². The first kappa shape index (κ1) is 18.2. The van der Waals surface area contributed by atoms with Crippen LogP contribution in [0.3, 0.4) is 0 Å². The Morgan fingerprint density at radius 2 is 1.86 bits per heavy atom. The van der Waals surface area contributed by atoms with Crippen LogP contribution >= 0.6 is 11.6 Å². The van der Waals surface area contributed by atoms with Crippen molar-refractivity contribution in [1.29, 1.82) is 0 Å². The van der Waals surface area contributed by atoms with Crippen LogP contribution in [0.25, 0.3) is 0 Å². The van der Waals surface area contributed by atoms with Crippen molar-refractivity contribution in [1.82, 2.24) is 10.2 Å². The number of benzene rings is 1. The second-order valence-electron chi connectivity index (χ2n) is 4.64. The average Bonchev–Trinajstić information content (AvgIpc) is 2.36. The number of urea groups is 1. The zero-order valence-electron chi connectivity index (χ0n) is 11.7. The van der Waals surface area contributed by atoms with Crippen LogP contribution in [0, 0.1) is 0 Å². The van der Waals surface area contributed by atoms with Crippen molar-refractivity contribution < 1.29 is 22.8 Å². The molecule has 0 saturated heterocycles. The van der Waals surface area contributed by atoms with Crippen molar-refractivity contribution in [3.05, 3.63) is 34.9 Å². The quantitative estimate of drug-likeness (QED) is 0.866. The molecular weight excluding hydrogens is 323 g/mol. The van der Waals surface area contributed by atoms with Crippen LogP contribution in [-0.2, 0) is 4.79 Å². The predicted octanol–water partition coefficient (Wildman–Crippen LogP) is 2.46. The number of hydrogen-bond donors (Lipinski definition) is 2. The van der Waals surface area contributed by atoms with E-state index in [1.807, 2.05) is 0 Å². The lowest BCUT2D eigenvalue weighted by Crippen LogP contribution is -2.40. The van der Waals surface area contributed by atoms with E-state index in [-0.39, 0.29) is 18.5 Å². The molecule has 0 heterocycles. The van der Waals surface area contributed by atoms with E-state index in [4.69, 9.17) is 17.3 Å². The van der Waals surface area contributed by atoms with Crippen molar-refractivity contribution in [3.8, 4) is 0 Å². The molecule has 1 aromatic carbocycles. The van der Waals surface area contributed by atoms with Gasteiger partial charge < -0.3 is 5.73 Å². The fraction of sp³-hybridized carbons (Fsp3) is 0.385. The van der Waals surface area contributed by atoms with E-state index in [0.29, 0.717) is 5.02 Å². The molecule has 1 atom stereocenters. The van der Waals surface area contributed by atoms with Crippen LogP contribution in [0.2, 0.25) is 5.02 Å². The number of primary amides is 1. The van der Waals surface area contributed by atoms with Gasteiger partial charge in [0.1, 0.15) is 6.04 Å². The Kier molecular flexibility index (Phi) is 6.19. The lowest BCUT2D eigenvalue weighted by Gasteiger charge is -2.30. The summed E-state index contributed by atoms with van der Waals surface area (Å²) in [6.07, 6.45) is -4.82. The Hall–Kier alpha value is -1.80. The Morgan fingerprint density at radius 1 is 1.32 bits per heavy atom. The zero-order chi connectivity index (χ0) is 16.9. The molecule has 5 nitrogen and oxygen atoms in total. The molecule has 9 heteroatoms. The summed E-state index contributed by atoms with van der Waals surface area (Å²) >= 11 is 5.67. The predicted molar refractivity (Wildman–Crippen MR) is 75.2 cm³/mol. The Bertz CT molecular complexity index is 534. The number of nitrogens with zero attached hydrogens (tertiary/aromatic N) is 1. The second kappa shape index (κ2) is 7.46. The molecule has 0 unspecified atom stereocenters. The Balaban J connectivity index is 2.82. The van der Waals surface area contributed by atoms with Gasteiger partial charge in [-0.3, -0.25) is 15.0 Å². The zero-order valence-corrected chi connectivity index (χ0v) is 12.4. The van der Waals surface area contributed by atoms with Crippen LogP contribution in [-0.4, -0.2) is 36.6 Å². The summed E-state index contributed by atoms with van der Waals surface area (Å²) in [6.45, 7) is -0.202. The van der Waals surface area contributed by atoms with Crippen LogP contribution in [0.15, 0.2) is 24.3 Å². The highest BCUT2D eigenvalue weighted by atomic mass is 35.5. The number of nitrogens with one attached hydrogen (secondary N) is 1. The van der Waals surface area contributed by atoms with E-state index >= 15 is 0 Å². The Morgan fingerprint density at radius 3 is 2.32 bits per heavy atom. The number of alkyl halides is 3. The molecule has 22 heavy (non-hydrogen) atoms. The summed E-state index contributed by atoms with van der Waals surface area (Å²) in [5.41, 5.74) is 4.77. The van der Waals surface area contributed by atoms with E-state index in [1.54, 1.807) is 5.32 Å². The first-order valence-electron chi connectivity index (χ1n) is 6.23. The number of nitrogens with two attached hydrogens (primary N) is 1. The minimum atomic E-state index is -4.53. The molecule has 0 aliphatic carbocycles. The fourth-order valence-corrected chi connectivity index (χ4v) is 2.07. The summed E-state index contributed by atoms with van der Waals surface area (Å²) in [7, 11) is 1.24. The van der Waals surface area contributed by atoms with E-state index in [9.17, 15) is 22.8 Å². The smallest absolute Gasteiger partial charge is 0.351 e. The first-order chi connectivity index (χ1) is 10.1. The number of rotatable bonds is 5. The number of halogens is 4. The summed E-state index contributed by atoms with van der Waals surface area (Å²) in [5, 5.41) is 2.12. The SMILES string of the molecule is CN(CCC(=O)NC(N)=O)[C@@H](c1ccc(Cl)cc1)C(F)(F)F. The van der Waals surface area contributed by atoms with E-state index in [1.165, 1.54) is 31.3 Å². The van der Waals surface area contributed by atoms with Crippen molar-refractivity contribution >= 4 is 23.5 Å². The largest absolute Gasteiger partial charge is 0.408 e. The van der Waals surface area contributed by atoms with Crippen molar-refractivity contribution in [2.45, 2.75) is 18.6 Å². The molecule has 3 amide bonds. The van der Waals surface area contributed by atoms with E-state index in [0.717, 1.165) is 4.90 Å². The second-order valence-corrected chi connectivity index (χ2v) is 5.08. The molecule has 3 N–H and O–H groups in total. The topological polar surface area (TPSA) is 75.4 Å². The summed E-state index contributed by atoms with van der Waals surface area (Å²) in [5.74, 6) is -0.739. The van der Waals surface area contributed by atoms with Gasteiger partial charge in [0.05, 0.1) is 0 Å². The van der Waals surface area contributed by atoms with Crippen LogP contribution in [0.1, 0.15) is 18.0 Å². The maximum absolute atomic E-state index is 13.2. The number of carbonyl (C=O) groups is 2. The Labute approximate surface area is 130 Å². The monoisotopic (exact) mass is 337 g/mol. The van der Waals surface area contributed by atoms with Crippen molar-refractivity contribution in [3.63, 3.8) is 0 Å². The number of hydrogen-bond acceptors (Lipinski definition) is 3. The van der Waals surface area contributed by atoms with Gasteiger partial charge in [0.25, 0.3) is 0 Å². The van der Waals surface area contributed by atoms with Crippen LogP contribution in [0.4, 0.5) is 18.0 Å². The third-order valence-electron chi connectivity index (χ3n) is 2.89. The van der Waals surface area contributed by atoms with Crippen LogP contribution < -0.4 is 11.1 Å². The maximum atomic E-state index is 13.2. The average molecular weight is 338 g/mol. The molecule has 0 saturated carbocycles. The molecule has 0 aromatic heterocycles. The molecule has 122 valence electrons. The molecule has 0 radical (unpaired) electrons. The van der Waals surface area contributed by atoms with Crippen LogP contribution in [0.5, 0.6) is 0 Å². The molecule has 0 fully saturated rings. The summed E-state index contributed by atoms with van der Waals surface area (Å²) in [6, 6.07) is 2.36. The molecule has 1 aromatic rings. The van der Waals surface area contributed by atoms with Gasteiger partial charge in [0, 0.05) is 18.0 Å². The molecular formula is C13H15ClF3N3O2. The third-order valence-corrected chi connectivity index (χ3v) is 3.14. The fourth-order valence-electron chi connectivity index (χ4n) is 1.95. The molecule has 0 spiro atoms. The highest BCUT2D eigenvalue weighted by molar-refractivity contribution is 6.30. The highest BCUT2D eigenvalue weighted by Crippen LogP contribution is 2.37. The van der Waals surface area contributed by atoms with E-state index < -0.39 is 24.2 Å².